The molecule has 2 aliphatic heterocycles. The van der Waals surface area contributed by atoms with Gasteiger partial charge in [0.25, 0.3) is 0 Å². The molecule has 0 amide bonds. The molecule has 0 radical (unpaired) electrons. The highest BCUT2D eigenvalue weighted by molar-refractivity contribution is 5.75. The Morgan fingerprint density at radius 3 is 1.25 bits per heavy atom. The molecule has 4 aromatic rings. The Bertz CT molecular complexity index is 1970. The molecule has 0 unspecified atom stereocenters. The summed E-state index contributed by atoms with van der Waals surface area (Å²) in [5.74, 6) is -0.997. The fraction of sp³-hybridized carbons (Fsp3) is 0.480. The summed E-state index contributed by atoms with van der Waals surface area (Å²) in [6.07, 6.45) is -12.1. The number of aliphatic hydroxyl groups excluding tert-OH is 2. The Hall–Kier alpha value is -4.54. The lowest BCUT2D eigenvalue weighted by molar-refractivity contribution is -0.370. The summed E-state index contributed by atoms with van der Waals surface area (Å²) in [6.45, 7) is 10.1. The van der Waals surface area contributed by atoms with E-state index in [1.165, 1.54) is 0 Å². The summed E-state index contributed by atoms with van der Waals surface area (Å²) >= 11 is 0. The van der Waals surface area contributed by atoms with Crippen LogP contribution in [0.5, 0.6) is 0 Å². The van der Waals surface area contributed by atoms with E-state index < -0.39 is 84.2 Å². The fourth-order valence-electron chi connectivity index (χ4n) is 7.04. The lowest BCUT2D eigenvalue weighted by Gasteiger charge is -2.49. The first-order valence-electron chi connectivity index (χ1n) is 21.5. The number of esters is 2. The molecule has 0 saturated carbocycles. The van der Waals surface area contributed by atoms with Crippen LogP contribution in [0.3, 0.4) is 0 Å². The molecule has 0 aliphatic carbocycles. The second-order valence-corrected chi connectivity index (χ2v) is 17.9. The van der Waals surface area contributed by atoms with Crippen molar-refractivity contribution in [2.24, 2.45) is 10.8 Å². The van der Waals surface area contributed by atoms with Gasteiger partial charge >= 0.3 is 11.9 Å². The summed E-state index contributed by atoms with van der Waals surface area (Å²) in [5.41, 5.74) is 1.67. The van der Waals surface area contributed by atoms with Gasteiger partial charge in [-0.05, 0) is 63.8 Å². The first kappa shape index (κ1) is 47.9. The maximum Gasteiger partial charge on any atom is 0.311 e. The van der Waals surface area contributed by atoms with Gasteiger partial charge in [0.2, 0.25) is 0 Å². The lowest BCUT2D eigenvalue weighted by atomic mass is 9.95. The van der Waals surface area contributed by atoms with Gasteiger partial charge in [0.05, 0.1) is 37.3 Å². The molecule has 13 heteroatoms. The monoisotopic (exact) mass is 870 g/mol. The van der Waals surface area contributed by atoms with Crippen LogP contribution in [0.2, 0.25) is 0 Å². The molecule has 2 N–H and O–H groups in total. The number of hydrogen-bond donors (Lipinski definition) is 2. The number of benzene rings is 4. The highest BCUT2D eigenvalue weighted by atomic mass is 16.7. The van der Waals surface area contributed by atoms with Gasteiger partial charge in [-0.15, -0.1) is 0 Å². The number of hydrogen-bond acceptors (Lipinski definition) is 13. The van der Waals surface area contributed by atoms with E-state index in [9.17, 15) is 19.8 Å². The predicted octanol–water partition coefficient (Wildman–Crippen LogP) is 6.69. The molecule has 0 bridgehead atoms. The van der Waals surface area contributed by atoms with Gasteiger partial charge in [-0.3, -0.25) is 9.59 Å². The lowest BCUT2D eigenvalue weighted by Crippen LogP contribution is -2.66. The van der Waals surface area contributed by atoms with Crippen LogP contribution in [0.15, 0.2) is 121 Å². The molecular weight excluding hydrogens is 809 g/mol. The van der Waals surface area contributed by atoms with E-state index in [2.05, 4.69) is 0 Å². The van der Waals surface area contributed by atoms with Crippen molar-refractivity contribution >= 4 is 11.9 Å². The van der Waals surface area contributed by atoms with Crippen LogP contribution in [0.25, 0.3) is 0 Å². The molecule has 340 valence electrons. The third kappa shape index (κ3) is 13.7. The van der Waals surface area contributed by atoms with Crippen LogP contribution in [0.4, 0.5) is 0 Å². The Morgan fingerprint density at radius 1 is 0.476 bits per heavy atom. The van der Waals surface area contributed by atoms with Gasteiger partial charge in [0.15, 0.2) is 12.6 Å². The van der Waals surface area contributed by atoms with Crippen LogP contribution in [0.1, 0.15) is 63.8 Å². The van der Waals surface area contributed by atoms with Gasteiger partial charge in [-0.1, -0.05) is 121 Å². The SMILES string of the molecule is CC(C)(C)C(=O)OC[C@H]1O[C@@H](O[C@H]2[C@H](OCc3ccccc3)[C@H](OCc3ccccc3)[C@H](O)O[C@@H]2COC(=O)C(C)(C)C)[C@@H](OCc2ccccc2)[C@@H](OCc2ccccc2)[C@@H]1O. The summed E-state index contributed by atoms with van der Waals surface area (Å²) in [5, 5.41) is 23.8. The molecule has 10 atom stereocenters. The van der Waals surface area contributed by atoms with Gasteiger partial charge in [0, 0.05) is 0 Å². The normalized spacial score (nSPS) is 26.5. The quantitative estimate of drug-likeness (QED) is 0.102. The van der Waals surface area contributed by atoms with E-state index in [1.807, 2.05) is 121 Å². The molecular formula is C50H62O13. The van der Waals surface area contributed by atoms with E-state index >= 15 is 0 Å². The topological polar surface area (TPSA) is 158 Å². The Kier molecular flexibility index (Phi) is 17.0. The molecule has 4 aromatic carbocycles. The number of carbonyl (C=O) groups is 2. The van der Waals surface area contributed by atoms with E-state index in [4.69, 9.17) is 42.6 Å². The highest BCUT2D eigenvalue weighted by Gasteiger charge is 2.54. The zero-order chi connectivity index (χ0) is 45.0. The predicted molar refractivity (Wildman–Crippen MR) is 231 cm³/mol. The Labute approximate surface area is 370 Å². The average molecular weight is 871 g/mol. The zero-order valence-corrected chi connectivity index (χ0v) is 36.9. The molecule has 63 heavy (non-hydrogen) atoms. The van der Waals surface area contributed by atoms with Crippen molar-refractivity contribution in [2.75, 3.05) is 13.2 Å². The minimum atomic E-state index is -1.54. The summed E-state index contributed by atoms with van der Waals surface area (Å²) in [6, 6.07) is 37.9. The van der Waals surface area contributed by atoms with Crippen LogP contribution in [0, 0.1) is 10.8 Å². The first-order chi connectivity index (χ1) is 30.2. The van der Waals surface area contributed by atoms with E-state index in [-0.39, 0.29) is 39.6 Å². The number of rotatable bonds is 18. The minimum absolute atomic E-state index is 0.0829. The van der Waals surface area contributed by atoms with Crippen molar-refractivity contribution in [1.82, 2.24) is 0 Å². The second kappa shape index (κ2) is 22.4. The van der Waals surface area contributed by atoms with Crippen molar-refractivity contribution in [3.05, 3.63) is 144 Å². The van der Waals surface area contributed by atoms with Crippen molar-refractivity contribution in [2.45, 2.75) is 129 Å². The molecule has 2 saturated heterocycles. The first-order valence-corrected chi connectivity index (χ1v) is 21.5. The third-order valence-corrected chi connectivity index (χ3v) is 10.6. The largest absolute Gasteiger partial charge is 0.462 e. The van der Waals surface area contributed by atoms with Gasteiger partial charge in [-0.2, -0.15) is 0 Å². The van der Waals surface area contributed by atoms with Crippen molar-refractivity contribution in [1.29, 1.82) is 0 Å². The van der Waals surface area contributed by atoms with E-state index in [0.29, 0.717) is 0 Å². The smallest absolute Gasteiger partial charge is 0.311 e. The van der Waals surface area contributed by atoms with Gasteiger partial charge < -0.3 is 52.8 Å². The van der Waals surface area contributed by atoms with E-state index in [0.717, 1.165) is 22.3 Å². The molecule has 2 fully saturated rings. The second-order valence-electron chi connectivity index (χ2n) is 17.9. The third-order valence-electron chi connectivity index (χ3n) is 10.6. The summed E-state index contributed by atoms with van der Waals surface area (Å²) in [7, 11) is 0. The van der Waals surface area contributed by atoms with Crippen molar-refractivity contribution in [3.63, 3.8) is 0 Å². The van der Waals surface area contributed by atoms with Crippen LogP contribution >= 0.6 is 0 Å². The zero-order valence-electron chi connectivity index (χ0n) is 36.9. The maximum absolute atomic E-state index is 13.2. The maximum atomic E-state index is 13.2. The van der Waals surface area contributed by atoms with Crippen molar-refractivity contribution < 1.29 is 62.4 Å². The molecule has 0 aromatic heterocycles. The number of aliphatic hydroxyl groups is 2. The van der Waals surface area contributed by atoms with Crippen LogP contribution in [-0.4, -0.2) is 96.8 Å². The fourth-order valence-corrected chi connectivity index (χ4v) is 7.04. The Morgan fingerprint density at radius 2 is 0.841 bits per heavy atom. The summed E-state index contributed by atoms with van der Waals surface area (Å²) < 4.78 is 57.7. The summed E-state index contributed by atoms with van der Waals surface area (Å²) in [4.78, 5) is 26.3. The van der Waals surface area contributed by atoms with Crippen LogP contribution in [-0.2, 0) is 78.6 Å². The molecule has 13 nitrogen and oxygen atoms in total. The highest BCUT2D eigenvalue weighted by Crippen LogP contribution is 2.35. The number of carbonyl (C=O) groups excluding carboxylic acids is 2. The standard InChI is InChI=1S/C50H62O13/c1-49(2,3)47(53)59-31-37-39(51)41(55-27-33-19-11-7-12-20-33)44(58-30-36-25-17-10-18-26-36)46(62-37)63-40-38(32-60-48(54)50(4,5)6)61-45(52)43(57-29-35-23-15-9-16-24-35)42(40)56-28-34-21-13-8-14-22-34/h7-26,37-46,51-52H,27-32H2,1-6H3/t37-,38-,39-,40-,41+,42+,43+,44+,45-,46+/m1/s1. The average Bonchev–Trinajstić information content (AvgIpc) is 3.27. The van der Waals surface area contributed by atoms with Gasteiger partial charge in [-0.25, -0.2) is 0 Å². The Balaban J connectivity index is 1.40. The minimum Gasteiger partial charge on any atom is -0.462 e. The van der Waals surface area contributed by atoms with Crippen LogP contribution < -0.4 is 0 Å². The van der Waals surface area contributed by atoms with Crippen molar-refractivity contribution in [3.8, 4) is 0 Å². The molecule has 0 spiro atoms. The number of ether oxygens (including phenoxy) is 9. The molecule has 2 aliphatic rings. The van der Waals surface area contributed by atoms with E-state index in [1.54, 1.807) is 41.5 Å². The van der Waals surface area contributed by atoms with Gasteiger partial charge in [0.1, 0.15) is 62.0 Å². The molecule has 6 rings (SSSR count). The molecule has 2 heterocycles.